The number of aromatic nitrogens is 2. The third kappa shape index (κ3) is 2.15. The summed E-state index contributed by atoms with van der Waals surface area (Å²) < 4.78 is 1.96. The van der Waals surface area contributed by atoms with E-state index < -0.39 is 0 Å². The molecule has 4 heteroatoms. The van der Waals surface area contributed by atoms with Gasteiger partial charge in [0.25, 0.3) is 0 Å². The highest BCUT2D eigenvalue weighted by Gasteiger charge is 2.18. The van der Waals surface area contributed by atoms with Gasteiger partial charge in [0.05, 0.1) is 6.20 Å². The van der Waals surface area contributed by atoms with Gasteiger partial charge in [-0.05, 0) is 26.2 Å². The van der Waals surface area contributed by atoms with Crippen molar-refractivity contribution >= 4 is 5.82 Å². The highest BCUT2D eigenvalue weighted by molar-refractivity contribution is 5.46. The van der Waals surface area contributed by atoms with Crippen LogP contribution in [-0.2, 0) is 7.05 Å². The van der Waals surface area contributed by atoms with E-state index in [1.165, 1.54) is 17.8 Å². The first-order chi connectivity index (χ1) is 7.18. The second-order valence-electron chi connectivity index (χ2n) is 4.45. The van der Waals surface area contributed by atoms with Gasteiger partial charge in [0.2, 0.25) is 0 Å². The van der Waals surface area contributed by atoms with E-state index in [1.54, 1.807) is 0 Å². The SMILES string of the molecule is Cc1cnn(C)c1N1CCC[C@H](N)CC1. The lowest BCUT2D eigenvalue weighted by Crippen LogP contribution is -2.28. The molecule has 1 aliphatic rings. The van der Waals surface area contributed by atoms with E-state index >= 15 is 0 Å². The maximum absolute atomic E-state index is 5.98. The molecule has 1 atom stereocenters. The fourth-order valence-corrected chi connectivity index (χ4v) is 2.33. The quantitative estimate of drug-likeness (QED) is 0.750. The first-order valence-corrected chi connectivity index (χ1v) is 5.67. The zero-order valence-electron chi connectivity index (χ0n) is 9.61. The number of rotatable bonds is 1. The van der Waals surface area contributed by atoms with Crippen molar-refractivity contribution in [3.8, 4) is 0 Å². The van der Waals surface area contributed by atoms with E-state index in [9.17, 15) is 0 Å². The molecule has 1 fully saturated rings. The Morgan fingerprint density at radius 3 is 2.87 bits per heavy atom. The molecule has 1 saturated heterocycles. The first-order valence-electron chi connectivity index (χ1n) is 5.67. The van der Waals surface area contributed by atoms with E-state index in [4.69, 9.17) is 5.73 Å². The number of anilines is 1. The summed E-state index contributed by atoms with van der Waals surface area (Å²) in [6.07, 6.45) is 5.35. The number of hydrogen-bond donors (Lipinski definition) is 1. The third-order valence-electron chi connectivity index (χ3n) is 3.16. The molecule has 0 bridgehead atoms. The lowest BCUT2D eigenvalue weighted by molar-refractivity contribution is 0.601. The zero-order chi connectivity index (χ0) is 10.8. The largest absolute Gasteiger partial charge is 0.357 e. The molecule has 1 aromatic rings. The molecule has 1 aliphatic heterocycles. The smallest absolute Gasteiger partial charge is 0.129 e. The van der Waals surface area contributed by atoms with E-state index in [0.29, 0.717) is 6.04 Å². The Bertz CT molecular complexity index is 312. The molecule has 0 aromatic carbocycles. The normalized spacial score (nSPS) is 22.9. The summed E-state index contributed by atoms with van der Waals surface area (Å²) in [7, 11) is 2.01. The Morgan fingerprint density at radius 1 is 1.40 bits per heavy atom. The van der Waals surface area contributed by atoms with Crippen LogP contribution < -0.4 is 10.6 Å². The van der Waals surface area contributed by atoms with Gasteiger partial charge in [0.1, 0.15) is 5.82 Å². The molecule has 0 radical (unpaired) electrons. The van der Waals surface area contributed by atoms with Crippen LogP contribution in [-0.4, -0.2) is 28.9 Å². The molecule has 0 amide bonds. The third-order valence-corrected chi connectivity index (χ3v) is 3.16. The molecule has 84 valence electrons. The Morgan fingerprint density at radius 2 is 2.20 bits per heavy atom. The minimum atomic E-state index is 0.378. The van der Waals surface area contributed by atoms with Gasteiger partial charge in [-0.3, -0.25) is 4.68 Å². The van der Waals surface area contributed by atoms with Crippen LogP contribution in [0.4, 0.5) is 5.82 Å². The lowest BCUT2D eigenvalue weighted by Gasteiger charge is -2.23. The molecule has 1 aromatic heterocycles. The van der Waals surface area contributed by atoms with Crippen molar-refractivity contribution in [1.82, 2.24) is 9.78 Å². The molecule has 0 saturated carbocycles. The van der Waals surface area contributed by atoms with Crippen LogP contribution in [0.2, 0.25) is 0 Å². The molecule has 4 nitrogen and oxygen atoms in total. The molecule has 0 spiro atoms. The van der Waals surface area contributed by atoms with Crippen LogP contribution in [0.3, 0.4) is 0 Å². The van der Waals surface area contributed by atoms with Crippen LogP contribution in [0.5, 0.6) is 0 Å². The molecular weight excluding hydrogens is 188 g/mol. The molecule has 2 heterocycles. The summed E-state index contributed by atoms with van der Waals surface area (Å²) in [5.74, 6) is 1.25. The summed E-state index contributed by atoms with van der Waals surface area (Å²) in [6.45, 7) is 4.28. The predicted octanol–water partition coefficient (Wildman–Crippen LogP) is 1.05. The second kappa shape index (κ2) is 4.23. The Labute approximate surface area is 91.1 Å². The standard InChI is InChI=1S/C11H20N4/c1-9-8-13-14(2)11(9)15-6-3-4-10(12)5-7-15/h8,10H,3-7,12H2,1-2H3/t10-/m0/s1. The minimum absolute atomic E-state index is 0.378. The van der Waals surface area contributed by atoms with Gasteiger partial charge >= 0.3 is 0 Å². The van der Waals surface area contributed by atoms with Crippen LogP contribution in [0.1, 0.15) is 24.8 Å². The molecular formula is C11H20N4. The maximum Gasteiger partial charge on any atom is 0.129 e. The van der Waals surface area contributed by atoms with Gasteiger partial charge in [0, 0.05) is 31.7 Å². The lowest BCUT2D eigenvalue weighted by atomic mass is 10.1. The van der Waals surface area contributed by atoms with E-state index in [-0.39, 0.29) is 0 Å². The molecule has 2 N–H and O–H groups in total. The maximum atomic E-state index is 5.98. The van der Waals surface area contributed by atoms with Crippen LogP contribution in [0, 0.1) is 6.92 Å². The van der Waals surface area contributed by atoms with Gasteiger partial charge in [-0.2, -0.15) is 5.10 Å². The highest BCUT2D eigenvalue weighted by atomic mass is 15.4. The summed E-state index contributed by atoms with van der Waals surface area (Å²) in [4.78, 5) is 2.41. The van der Waals surface area contributed by atoms with Crippen LogP contribution in [0.25, 0.3) is 0 Å². The van der Waals surface area contributed by atoms with Crippen molar-refractivity contribution in [3.63, 3.8) is 0 Å². The van der Waals surface area contributed by atoms with E-state index in [0.717, 1.165) is 25.9 Å². The molecule has 0 aliphatic carbocycles. The number of nitrogens with two attached hydrogens (primary N) is 1. The summed E-state index contributed by atoms with van der Waals surface area (Å²) in [5.41, 5.74) is 7.23. The van der Waals surface area contributed by atoms with E-state index in [1.807, 2.05) is 17.9 Å². The van der Waals surface area contributed by atoms with Crippen LogP contribution >= 0.6 is 0 Å². The monoisotopic (exact) mass is 208 g/mol. The van der Waals surface area contributed by atoms with Gasteiger partial charge < -0.3 is 10.6 Å². The molecule has 2 rings (SSSR count). The fraction of sp³-hybridized carbons (Fsp3) is 0.727. The van der Waals surface area contributed by atoms with E-state index in [2.05, 4.69) is 16.9 Å². The Kier molecular flexibility index (Phi) is 2.95. The highest BCUT2D eigenvalue weighted by Crippen LogP contribution is 2.21. The average Bonchev–Trinajstić information content (AvgIpc) is 2.41. The Balaban J connectivity index is 2.16. The summed E-state index contributed by atoms with van der Waals surface area (Å²) in [6, 6.07) is 0.378. The Hall–Kier alpha value is -1.03. The summed E-state index contributed by atoms with van der Waals surface area (Å²) in [5, 5.41) is 4.28. The van der Waals surface area contributed by atoms with Crippen molar-refractivity contribution in [2.75, 3.05) is 18.0 Å². The number of aryl methyl sites for hydroxylation is 2. The van der Waals surface area contributed by atoms with Gasteiger partial charge in [0.15, 0.2) is 0 Å². The van der Waals surface area contributed by atoms with Gasteiger partial charge in [-0.25, -0.2) is 0 Å². The van der Waals surface area contributed by atoms with Crippen molar-refractivity contribution in [3.05, 3.63) is 11.8 Å². The van der Waals surface area contributed by atoms with Crippen molar-refractivity contribution in [2.24, 2.45) is 12.8 Å². The number of hydrogen-bond acceptors (Lipinski definition) is 3. The summed E-state index contributed by atoms with van der Waals surface area (Å²) >= 11 is 0. The topological polar surface area (TPSA) is 47.1 Å². The van der Waals surface area contributed by atoms with Crippen molar-refractivity contribution in [1.29, 1.82) is 0 Å². The van der Waals surface area contributed by atoms with Gasteiger partial charge in [-0.1, -0.05) is 0 Å². The number of nitrogens with zero attached hydrogens (tertiary/aromatic N) is 3. The average molecular weight is 208 g/mol. The minimum Gasteiger partial charge on any atom is -0.357 e. The fourth-order valence-electron chi connectivity index (χ4n) is 2.33. The van der Waals surface area contributed by atoms with Crippen molar-refractivity contribution in [2.45, 2.75) is 32.2 Å². The van der Waals surface area contributed by atoms with Gasteiger partial charge in [-0.15, -0.1) is 0 Å². The first kappa shape index (κ1) is 10.5. The second-order valence-corrected chi connectivity index (χ2v) is 4.45. The van der Waals surface area contributed by atoms with Crippen molar-refractivity contribution < 1.29 is 0 Å². The molecule has 15 heavy (non-hydrogen) atoms. The zero-order valence-corrected chi connectivity index (χ0v) is 9.61. The molecule has 0 unspecified atom stereocenters. The van der Waals surface area contributed by atoms with Crippen LogP contribution in [0.15, 0.2) is 6.20 Å². The predicted molar refractivity (Wildman–Crippen MR) is 62.0 cm³/mol.